The van der Waals surface area contributed by atoms with Gasteiger partial charge in [-0.2, -0.15) is 4.98 Å². The van der Waals surface area contributed by atoms with E-state index in [-0.39, 0.29) is 5.91 Å². The third-order valence-electron chi connectivity index (χ3n) is 1.83. The van der Waals surface area contributed by atoms with Gasteiger partial charge in [0, 0.05) is 12.5 Å². The van der Waals surface area contributed by atoms with Gasteiger partial charge in [0.1, 0.15) is 6.26 Å². The molecule has 0 atom stereocenters. The van der Waals surface area contributed by atoms with Crippen LogP contribution in [-0.4, -0.2) is 10.9 Å². The Kier molecular flexibility index (Phi) is 2.49. The molecule has 4 nitrogen and oxygen atoms in total. The molecule has 1 N–H and O–H groups in total. The van der Waals surface area contributed by atoms with Gasteiger partial charge in [0.2, 0.25) is 11.8 Å². The van der Waals surface area contributed by atoms with Crippen molar-refractivity contribution in [3.63, 3.8) is 0 Å². The Hall–Kier alpha value is -2.10. The maximum atomic E-state index is 10.8. The Morgan fingerprint density at radius 3 is 2.73 bits per heavy atom. The maximum Gasteiger partial charge on any atom is 0.227 e. The summed E-state index contributed by atoms with van der Waals surface area (Å²) < 4.78 is 5.23. The third-order valence-corrected chi connectivity index (χ3v) is 1.83. The first-order valence-corrected chi connectivity index (χ1v) is 4.54. The predicted molar refractivity (Wildman–Crippen MR) is 56.2 cm³/mol. The highest BCUT2D eigenvalue weighted by molar-refractivity contribution is 5.87. The largest absolute Gasteiger partial charge is 0.442 e. The number of benzene rings is 1. The molecule has 76 valence electrons. The number of carbonyl (C=O) groups is 1. The Labute approximate surface area is 86.9 Å². The maximum absolute atomic E-state index is 10.8. The van der Waals surface area contributed by atoms with Crippen molar-refractivity contribution in [3.05, 3.63) is 36.6 Å². The Balaban J connectivity index is 2.24. The van der Waals surface area contributed by atoms with Crippen LogP contribution in [0.15, 0.2) is 41.0 Å². The molecule has 0 spiro atoms. The number of carbonyl (C=O) groups excluding carboxylic acids is 1. The summed E-state index contributed by atoms with van der Waals surface area (Å²) in [5.41, 5.74) is 0.883. The van der Waals surface area contributed by atoms with Gasteiger partial charge in [-0.3, -0.25) is 4.79 Å². The lowest BCUT2D eigenvalue weighted by Crippen LogP contribution is -2.05. The van der Waals surface area contributed by atoms with Crippen molar-refractivity contribution in [2.24, 2.45) is 0 Å². The van der Waals surface area contributed by atoms with Crippen LogP contribution in [-0.2, 0) is 4.79 Å². The van der Waals surface area contributed by atoms with Gasteiger partial charge in [0.05, 0.1) is 0 Å². The summed E-state index contributed by atoms with van der Waals surface area (Å²) in [4.78, 5) is 14.9. The number of oxazole rings is 1. The van der Waals surface area contributed by atoms with E-state index in [0.717, 1.165) is 5.56 Å². The van der Waals surface area contributed by atoms with E-state index >= 15 is 0 Å². The van der Waals surface area contributed by atoms with Gasteiger partial charge >= 0.3 is 0 Å². The summed E-state index contributed by atoms with van der Waals surface area (Å²) in [6, 6.07) is 9.50. The van der Waals surface area contributed by atoms with Crippen molar-refractivity contribution in [2.75, 3.05) is 5.32 Å². The fourth-order valence-corrected chi connectivity index (χ4v) is 1.22. The number of aromatic nitrogens is 1. The quantitative estimate of drug-likeness (QED) is 0.812. The highest BCUT2D eigenvalue weighted by atomic mass is 16.3. The van der Waals surface area contributed by atoms with Crippen LogP contribution >= 0.6 is 0 Å². The first kappa shape index (κ1) is 9.45. The molecule has 2 aromatic rings. The summed E-state index contributed by atoms with van der Waals surface area (Å²) in [7, 11) is 0. The Morgan fingerprint density at radius 2 is 2.07 bits per heavy atom. The zero-order valence-corrected chi connectivity index (χ0v) is 8.23. The van der Waals surface area contributed by atoms with E-state index in [1.165, 1.54) is 13.2 Å². The van der Waals surface area contributed by atoms with E-state index < -0.39 is 0 Å². The van der Waals surface area contributed by atoms with Crippen LogP contribution in [0.5, 0.6) is 0 Å². The second kappa shape index (κ2) is 3.96. The van der Waals surface area contributed by atoms with E-state index in [9.17, 15) is 4.79 Å². The number of nitrogens with one attached hydrogen (secondary N) is 1. The summed E-state index contributed by atoms with van der Waals surface area (Å²) in [6.45, 7) is 1.43. The monoisotopic (exact) mass is 202 g/mol. The second-order valence-electron chi connectivity index (χ2n) is 3.09. The molecule has 0 fully saturated rings. The van der Waals surface area contributed by atoms with E-state index in [4.69, 9.17) is 4.42 Å². The van der Waals surface area contributed by atoms with E-state index in [0.29, 0.717) is 11.7 Å². The van der Waals surface area contributed by atoms with Crippen molar-refractivity contribution < 1.29 is 9.21 Å². The van der Waals surface area contributed by atoms with Crippen molar-refractivity contribution in [2.45, 2.75) is 6.92 Å². The van der Waals surface area contributed by atoms with Crippen LogP contribution in [0.4, 0.5) is 5.82 Å². The molecule has 1 amide bonds. The zero-order chi connectivity index (χ0) is 10.7. The molecule has 4 heteroatoms. The number of rotatable bonds is 2. The van der Waals surface area contributed by atoms with Gasteiger partial charge in [-0.25, -0.2) is 0 Å². The minimum absolute atomic E-state index is 0.164. The highest BCUT2D eigenvalue weighted by Gasteiger charge is 2.06. The molecule has 0 unspecified atom stereocenters. The lowest BCUT2D eigenvalue weighted by molar-refractivity contribution is -0.114. The lowest BCUT2D eigenvalue weighted by Gasteiger charge is -1.93. The standard InChI is InChI=1S/C11H10N2O2/c1-8(14)12-10-7-15-11(13-10)9-5-3-2-4-6-9/h2-7H,1H3,(H,12,14). The van der Waals surface area contributed by atoms with Crippen molar-refractivity contribution in [1.82, 2.24) is 4.98 Å². The van der Waals surface area contributed by atoms with E-state index in [1.807, 2.05) is 30.3 Å². The SMILES string of the molecule is CC(=O)Nc1coc(-c2ccccc2)n1. The van der Waals surface area contributed by atoms with Crippen LogP contribution in [0.1, 0.15) is 6.92 Å². The van der Waals surface area contributed by atoms with Crippen LogP contribution in [0.2, 0.25) is 0 Å². The third kappa shape index (κ3) is 2.22. The van der Waals surface area contributed by atoms with Crippen LogP contribution in [0.3, 0.4) is 0 Å². The average molecular weight is 202 g/mol. The van der Waals surface area contributed by atoms with Crippen molar-refractivity contribution in [1.29, 1.82) is 0 Å². The number of amides is 1. The molecular formula is C11H10N2O2. The van der Waals surface area contributed by atoms with Gasteiger partial charge < -0.3 is 9.73 Å². The normalized spacial score (nSPS) is 9.93. The van der Waals surface area contributed by atoms with Gasteiger partial charge in [-0.1, -0.05) is 18.2 Å². The molecule has 1 heterocycles. The van der Waals surface area contributed by atoms with Gasteiger partial charge in [0.25, 0.3) is 0 Å². The summed E-state index contributed by atoms with van der Waals surface area (Å²) in [5.74, 6) is 0.767. The summed E-state index contributed by atoms with van der Waals surface area (Å²) in [5, 5.41) is 2.55. The first-order chi connectivity index (χ1) is 7.25. The molecule has 1 aromatic heterocycles. The minimum Gasteiger partial charge on any atom is -0.442 e. The summed E-state index contributed by atoms with van der Waals surface area (Å²) >= 11 is 0. The summed E-state index contributed by atoms with van der Waals surface area (Å²) in [6.07, 6.45) is 1.42. The number of anilines is 1. The second-order valence-corrected chi connectivity index (χ2v) is 3.09. The Bertz CT molecular complexity index is 462. The fourth-order valence-electron chi connectivity index (χ4n) is 1.22. The fraction of sp³-hybridized carbons (Fsp3) is 0.0909. The van der Waals surface area contributed by atoms with E-state index in [1.54, 1.807) is 0 Å². The van der Waals surface area contributed by atoms with E-state index in [2.05, 4.69) is 10.3 Å². The molecule has 15 heavy (non-hydrogen) atoms. The lowest BCUT2D eigenvalue weighted by atomic mass is 10.2. The zero-order valence-electron chi connectivity index (χ0n) is 8.23. The molecule has 0 aliphatic carbocycles. The van der Waals surface area contributed by atoms with Gasteiger partial charge in [-0.05, 0) is 12.1 Å². The smallest absolute Gasteiger partial charge is 0.227 e. The van der Waals surface area contributed by atoms with Crippen molar-refractivity contribution in [3.8, 4) is 11.5 Å². The average Bonchev–Trinajstić information content (AvgIpc) is 2.67. The molecule has 2 rings (SSSR count). The highest BCUT2D eigenvalue weighted by Crippen LogP contribution is 2.19. The molecular weight excluding hydrogens is 192 g/mol. The van der Waals surface area contributed by atoms with Crippen LogP contribution in [0.25, 0.3) is 11.5 Å². The van der Waals surface area contributed by atoms with Gasteiger partial charge in [-0.15, -0.1) is 0 Å². The number of hydrogen-bond acceptors (Lipinski definition) is 3. The van der Waals surface area contributed by atoms with Gasteiger partial charge in [0.15, 0.2) is 5.82 Å². The number of hydrogen-bond donors (Lipinski definition) is 1. The minimum atomic E-state index is -0.164. The Morgan fingerprint density at radius 1 is 1.33 bits per heavy atom. The molecule has 0 bridgehead atoms. The molecule has 1 aromatic carbocycles. The number of nitrogens with zero attached hydrogens (tertiary/aromatic N) is 1. The molecule has 0 radical (unpaired) electrons. The van der Waals surface area contributed by atoms with Crippen molar-refractivity contribution >= 4 is 11.7 Å². The molecule has 0 aliphatic heterocycles. The first-order valence-electron chi connectivity index (χ1n) is 4.54. The predicted octanol–water partition coefficient (Wildman–Crippen LogP) is 2.30. The molecule has 0 aliphatic rings. The molecule has 0 saturated heterocycles. The van der Waals surface area contributed by atoms with Crippen LogP contribution in [0, 0.1) is 0 Å². The molecule has 0 saturated carbocycles. The topological polar surface area (TPSA) is 55.1 Å². The van der Waals surface area contributed by atoms with Crippen LogP contribution < -0.4 is 5.32 Å².